The van der Waals surface area contributed by atoms with E-state index in [0.29, 0.717) is 11.3 Å². The highest BCUT2D eigenvalue weighted by Crippen LogP contribution is 2.36. The molecule has 1 unspecified atom stereocenters. The van der Waals surface area contributed by atoms with Crippen LogP contribution in [0.5, 0.6) is 11.6 Å². The first-order valence-electron chi connectivity index (χ1n) is 13.4. The maximum atomic E-state index is 13.7. The molecule has 0 bridgehead atoms. The Morgan fingerprint density at radius 2 is 2.00 bits per heavy atom. The molecule has 1 aliphatic rings. The first-order chi connectivity index (χ1) is 19.6. The smallest absolute Gasteiger partial charge is 0.306 e. The van der Waals surface area contributed by atoms with Gasteiger partial charge in [0.15, 0.2) is 0 Å². The normalized spacial score (nSPS) is 17.3. The van der Waals surface area contributed by atoms with Crippen LogP contribution in [0.3, 0.4) is 0 Å². The van der Waals surface area contributed by atoms with Crippen LogP contribution in [-0.2, 0) is 33.1 Å². The Morgan fingerprint density at radius 1 is 1.20 bits per heavy atom. The minimum atomic E-state index is -3.87. The number of nitrogens with zero attached hydrogens (tertiary/aromatic N) is 5. The molecule has 41 heavy (non-hydrogen) atoms. The third-order valence-corrected chi connectivity index (χ3v) is 9.06. The summed E-state index contributed by atoms with van der Waals surface area (Å²) in [6.07, 6.45) is 1.20. The van der Waals surface area contributed by atoms with Crippen LogP contribution in [0.1, 0.15) is 48.4 Å². The van der Waals surface area contributed by atoms with Crippen molar-refractivity contribution >= 4 is 27.0 Å². The van der Waals surface area contributed by atoms with Gasteiger partial charge in [0.05, 0.1) is 26.7 Å². The number of aryl methyl sites for hydroxylation is 2. The van der Waals surface area contributed by atoms with Crippen molar-refractivity contribution in [3.63, 3.8) is 0 Å². The summed E-state index contributed by atoms with van der Waals surface area (Å²) in [5.74, 6) is -0.0522. The SMILES string of the molecule is CCOC(=O)CC(c1ccc(C)c(CN2C[C@H](C)Oc3ncccc3S2(=O)=O)c1)c1cc(OC)c2c(c1)nnn2C. The van der Waals surface area contributed by atoms with Crippen LogP contribution in [-0.4, -0.2) is 65.0 Å². The van der Waals surface area contributed by atoms with Gasteiger partial charge in [0.25, 0.3) is 0 Å². The molecule has 1 aliphatic heterocycles. The number of hydrogen-bond donors (Lipinski definition) is 0. The Balaban J connectivity index is 1.56. The molecule has 216 valence electrons. The monoisotopic (exact) mass is 579 g/mol. The predicted molar refractivity (Wildman–Crippen MR) is 151 cm³/mol. The molecule has 0 saturated carbocycles. The van der Waals surface area contributed by atoms with Gasteiger partial charge in [0, 0.05) is 25.7 Å². The molecular formula is C29H33N5O6S. The van der Waals surface area contributed by atoms with Gasteiger partial charge in [-0.2, -0.15) is 4.31 Å². The Bertz CT molecular complexity index is 1700. The van der Waals surface area contributed by atoms with Crippen LogP contribution in [0, 0.1) is 6.92 Å². The van der Waals surface area contributed by atoms with Gasteiger partial charge in [0.2, 0.25) is 15.9 Å². The van der Waals surface area contributed by atoms with Crippen molar-refractivity contribution in [2.75, 3.05) is 20.3 Å². The van der Waals surface area contributed by atoms with E-state index in [-0.39, 0.29) is 42.9 Å². The first-order valence-corrected chi connectivity index (χ1v) is 14.8. The molecule has 2 aromatic carbocycles. The predicted octanol–water partition coefficient (Wildman–Crippen LogP) is 3.74. The van der Waals surface area contributed by atoms with Gasteiger partial charge in [-0.05, 0) is 67.3 Å². The number of pyridine rings is 1. The van der Waals surface area contributed by atoms with E-state index in [1.54, 1.807) is 31.8 Å². The van der Waals surface area contributed by atoms with Gasteiger partial charge < -0.3 is 14.2 Å². The number of carbonyl (C=O) groups excluding carboxylic acids is 1. The number of benzene rings is 2. The molecule has 2 aromatic heterocycles. The topological polar surface area (TPSA) is 126 Å². The number of methoxy groups -OCH3 is 1. The summed E-state index contributed by atoms with van der Waals surface area (Å²) in [5, 5.41) is 8.38. The summed E-state index contributed by atoms with van der Waals surface area (Å²) in [6, 6.07) is 12.7. The molecule has 3 heterocycles. The summed E-state index contributed by atoms with van der Waals surface area (Å²) in [5.41, 5.74) is 4.76. The molecule has 12 heteroatoms. The van der Waals surface area contributed by atoms with E-state index in [0.717, 1.165) is 27.8 Å². The number of ether oxygens (including phenoxy) is 3. The number of fused-ring (bicyclic) bond motifs is 2. The molecule has 2 atom stereocenters. The number of rotatable bonds is 8. The summed E-state index contributed by atoms with van der Waals surface area (Å²) in [6.45, 7) is 6.08. The zero-order chi connectivity index (χ0) is 29.3. The zero-order valence-electron chi connectivity index (χ0n) is 23.7. The van der Waals surface area contributed by atoms with Crippen molar-refractivity contribution in [3.05, 3.63) is 70.9 Å². The van der Waals surface area contributed by atoms with Gasteiger partial charge in [-0.1, -0.05) is 23.4 Å². The van der Waals surface area contributed by atoms with E-state index in [4.69, 9.17) is 14.2 Å². The van der Waals surface area contributed by atoms with Gasteiger partial charge in [0.1, 0.15) is 27.8 Å². The zero-order valence-corrected chi connectivity index (χ0v) is 24.5. The first kappa shape index (κ1) is 28.5. The van der Waals surface area contributed by atoms with E-state index in [9.17, 15) is 13.2 Å². The molecule has 5 rings (SSSR count). The molecule has 11 nitrogen and oxygen atoms in total. The highest BCUT2D eigenvalue weighted by molar-refractivity contribution is 7.89. The van der Waals surface area contributed by atoms with Gasteiger partial charge in [-0.25, -0.2) is 18.1 Å². The summed E-state index contributed by atoms with van der Waals surface area (Å²) in [4.78, 5) is 17.0. The molecule has 0 N–H and O–H groups in total. The van der Waals surface area contributed by atoms with E-state index in [1.807, 2.05) is 44.2 Å². The van der Waals surface area contributed by atoms with Crippen molar-refractivity contribution in [2.24, 2.45) is 7.05 Å². The lowest BCUT2D eigenvalue weighted by molar-refractivity contribution is -0.143. The Morgan fingerprint density at radius 3 is 2.76 bits per heavy atom. The van der Waals surface area contributed by atoms with Gasteiger partial charge in [-0.3, -0.25) is 4.79 Å². The van der Waals surface area contributed by atoms with Crippen LogP contribution in [0.4, 0.5) is 0 Å². The fraction of sp³-hybridized carbons (Fsp3) is 0.379. The van der Waals surface area contributed by atoms with Crippen LogP contribution in [0.2, 0.25) is 0 Å². The molecule has 4 aromatic rings. The second-order valence-corrected chi connectivity index (χ2v) is 12.0. The van der Waals surface area contributed by atoms with Gasteiger partial charge in [-0.15, -0.1) is 5.10 Å². The Labute approximate surface area is 239 Å². The van der Waals surface area contributed by atoms with E-state index >= 15 is 0 Å². The third kappa shape index (κ3) is 5.62. The second kappa shape index (κ2) is 11.5. The Hall–Kier alpha value is -4.03. The number of esters is 1. The average molecular weight is 580 g/mol. The second-order valence-electron chi connectivity index (χ2n) is 10.1. The minimum Gasteiger partial charge on any atom is -0.494 e. The highest BCUT2D eigenvalue weighted by Gasteiger charge is 2.34. The number of carbonyl (C=O) groups is 1. The van der Waals surface area contributed by atoms with Crippen molar-refractivity contribution in [1.29, 1.82) is 0 Å². The van der Waals surface area contributed by atoms with E-state index in [2.05, 4.69) is 15.3 Å². The lowest BCUT2D eigenvalue weighted by Gasteiger charge is -2.24. The van der Waals surface area contributed by atoms with E-state index in [1.165, 1.54) is 16.6 Å². The quantitative estimate of drug-likeness (QED) is 0.287. The van der Waals surface area contributed by atoms with E-state index < -0.39 is 22.0 Å². The molecular weight excluding hydrogens is 546 g/mol. The Kier molecular flexibility index (Phi) is 7.96. The molecule has 0 radical (unpaired) electrons. The van der Waals surface area contributed by atoms with Crippen LogP contribution in [0.15, 0.2) is 53.6 Å². The largest absolute Gasteiger partial charge is 0.494 e. The molecule has 0 amide bonds. The van der Waals surface area contributed by atoms with Crippen molar-refractivity contribution < 1.29 is 27.4 Å². The number of aromatic nitrogens is 4. The van der Waals surface area contributed by atoms with Crippen molar-refractivity contribution in [2.45, 2.75) is 50.7 Å². The van der Waals surface area contributed by atoms with Crippen LogP contribution >= 0.6 is 0 Å². The van der Waals surface area contributed by atoms with Crippen LogP contribution in [0.25, 0.3) is 11.0 Å². The minimum absolute atomic E-state index is 0.0442. The summed E-state index contributed by atoms with van der Waals surface area (Å²) >= 11 is 0. The number of hydrogen-bond acceptors (Lipinski definition) is 9. The molecule has 0 spiro atoms. The maximum Gasteiger partial charge on any atom is 0.306 e. The lowest BCUT2D eigenvalue weighted by Crippen LogP contribution is -2.35. The van der Waals surface area contributed by atoms with Crippen LogP contribution < -0.4 is 9.47 Å². The fourth-order valence-electron chi connectivity index (χ4n) is 5.18. The summed E-state index contributed by atoms with van der Waals surface area (Å²) in [7, 11) is -0.504. The lowest BCUT2D eigenvalue weighted by atomic mass is 9.86. The fourth-order valence-corrected chi connectivity index (χ4v) is 6.74. The third-order valence-electron chi connectivity index (χ3n) is 7.24. The number of sulfonamides is 1. The van der Waals surface area contributed by atoms with Crippen molar-refractivity contribution in [3.8, 4) is 11.6 Å². The standard InChI is InChI=1S/C29H33N5O6S/c1-6-39-27(35)15-23(21-13-24-28(25(14-21)38-5)33(4)32-31-24)20-10-9-18(2)22(12-20)17-34-16-19(3)40-29-26(41(34,36)37)8-7-11-30-29/h7-14,19,23H,6,15-17H2,1-5H3/t19-,23?/m0/s1. The summed E-state index contributed by atoms with van der Waals surface area (Å²) < 4.78 is 47.2. The molecule has 0 aliphatic carbocycles. The molecule has 0 fully saturated rings. The van der Waals surface area contributed by atoms with Crippen molar-refractivity contribution in [1.82, 2.24) is 24.3 Å². The average Bonchev–Trinajstić information content (AvgIpc) is 3.28. The maximum absolute atomic E-state index is 13.7. The molecule has 0 saturated heterocycles. The van der Waals surface area contributed by atoms with Gasteiger partial charge >= 0.3 is 5.97 Å². The highest BCUT2D eigenvalue weighted by atomic mass is 32.2.